The first kappa shape index (κ1) is 17.1. The highest BCUT2D eigenvalue weighted by Gasteiger charge is 2.17. The number of amides is 1. The van der Waals surface area contributed by atoms with Crippen LogP contribution in [0.25, 0.3) is 0 Å². The third kappa shape index (κ3) is 4.21. The van der Waals surface area contributed by atoms with Crippen LogP contribution in [0.4, 0.5) is 11.4 Å². The van der Waals surface area contributed by atoms with Gasteiger partial charge in [-0.15, -0.1) is 11.8 Å². The number of non-ortho nitro benzene ring substituents is 1. The molecule has 1 aliphatic rings. The van der Waals surface area contributed by atoms with Crippen LogP contribution in [0.15, 0.2) is 47.4 Å². The summed E-state index contributed by atoms with van der Waals surface area (Å²) in [5.41, 5.74) is 0.656. The Morgan fingerprint density at radius 1 is 1.16 bits per heavy atom. The first-order chi connectivity index (χ1) is 12.0. The normalized spacial score (nSPS) is 13.8. The molecule has 1 N–H and O–H groups in total. The van der Waals surface area contributed by atoms with Gasteiger partial charge in [0.1, 0.15) is 13.2 Å². The van der Waals surface area contributed by atoms with Gasteiger partial charge in [-0.05, 0) is 31.2 Å². The van der Waals surface area contributed by atoms with E-state index < -0.39 is 4.92 Å². The number of nitro groups is 1. The number of hydrogen-bond donors (Lipinski definition) is 1. The van der Waals surface area contributed by atoms with E-state index in [1.807, 2.05) is 0 Å². The Morgan fingerprint density at radius 2 is 1.84 bits per heavy atom. The Morgan fingerprint density at radius 3 is 2.52 bits per heavy atom. The summed E-state index contributed by atoms with van der Waals surface area (Å²) in [5, 5.41) is 13.1. The summed E-state index contributed by atoms with van der Waals surface area (Å²) in [7, 11) is 0. The summed E-state index contributed by atoms with van der Waals surface area (Å²) in [6.45, 7) is 2.78. The van der Waals surface area contributed by atoms with E-state index in [0.717, 1.165) is 4.90 Å². The minimum atomic E-state index is -0.452. The van der Waals surface area contributed by atoms with Crippen molar-refractivity contribution in [3.63, 3.8) is 0 Å². The predicted molar refractivity (Wildman–Crippen MR) is 94.5 cm³/mol. The lowest BCUT2D eigenvalue weighted by molar-refractivity contribution is -0.384. The van der Waals surface area contributed by atoms with Crippen LogP contribution >= 0.6 is 11.8 Å². The van der Waals surface area contributed by atoms with Crippen molar-refractivity contribution in [2.24, 2.45) is 0 Å². The zero-order chi connectivity index (χ0) is 17.8. The maximum Gasteiger partial charge on any atom is 0.269 e. The van der Waals surface area contributed by atoms with Gasteiger partial charge in [0.15, 0.2) is 11.5 Å². The average molecular weight is 360 g/mol. The average Bonchev–Trinajstić information content (AvgIpc) is 2.62. The van der Waals surface area contributed by atoms with E-state index in [-0.39, 0.29) is 16.8 Å². The quantitative estimate of drug-likeness (QED) is 0.499. The number of ether oxygens (including phenoxy) is 2. The molecule has 1 heterocycles. The third-order valence-electron chi connectivity index (χ3n) is 3.54. The fourth-order valence-electron chi connectivity index (χ4n) is 2.27. The maximum atomic E-state index is 12.3. The molecule has 2 aromatic rings. The van der Waals surface area contributed by atoms with Gasteiger partial charge in [-0.1, -0.05) is 0 Å². The molecule has 130 valence electrons. The molecule has 0 spiro atoms. The first-order valence-corrected chi connectivity index (χ1v) is 8.52. The minimum absolute atomic E-state index is 0.0257. The van der Waals surface area contributed by atoms with Crippen LogP contribution in [0.1, 0.15) is 6.92 Å². The van der Waals surface area contributed by atoms with Gasteiger partial charge in [0, 0.05) is 28.8 Å². The number of hydrogen-bond acceptors (Lipinski definition) is 6. The monoisotopic (exact) mass is 360 g/mol. The molecule has 0 saturated carbocycles. The number of rotatable bonds is 5. The van der Waals surface area contributed by atoms with Gasteiger partial charge in [-0.25, -0.2) is 0 Å². The maximum absolute atomic E-state index is 12.3. The molecule has 0 aromatic heterocycles. The number of nitro benzene ring substituents is 1. The van der Waals surface area contributed by atoms with Crippen LogP contribution < -0.4 is 14.8 Å². The van der Waals surface area contributed by atoms with Crippen molar-refractivity contribution in [1.29, 1.82) is 0 Å². The van der Waals surface area contributed by atoms with Gasteiger partial charge < -0.3 is 14.8 Å². The zero-order valence-corrected chi connectivity index (χ0v) is 14.2. The molecule has 3 rings (SSSR count). The Hall–Kier alpha value is -2.74. The number of thioether (sulfide) groups is 1. The van der Waals surface area contributed by atoms with Crippen LogP contribution in [0.5, 0.6) is 11.5 Å². The molecule has 8 heteroatoms. The van der Waals surface area contributed by atoms with Crippen LogP contribution in [0.2, 0.25) is 0 Å². The largest absolute Gasteiger partial charge is 0.486 e. The van der Waals surface area contributed by atoms with Crippen molar-refractivity contribution < 1.29 is 19.2 Å². The summed E-state index contributed by atoms with van der Waals surface area (Å²) in [6.07, 6.45) is 0. The standard InChI is InChI=1S/C17H16N2O5S/c1-11(25-14-5-3-13(4-6-14)19(21)22)17(20)18-12-2-7-15-16(10-12)24-9-8-23-15/h2-7,10-11H,8-9H2,1H3,(H,18,20). The fourth-order valence-corrected chi connectivity index (χ4v) is 3.14. The molecular formula is C17H16N2O5S. The second kappa shape index (κ2) is 7.43. The van der Waals surface area contributed by atoms with Crippen LogP contribution in [-0.2, 0) is 4.79 Å². The van der Waals surface area contributed by atoms with Gasteiger partial charge in [0.2, 0.25) is 5.91 Å². The molecule has 7 nitrogen and oxygen atoms in total. The van der Waals surface area contributed by atoms with E-state index >= 15 is 0 Å². The molecule has 0 fully saturated rings. The summed E-state index contributed by atoms with van der Waals surface area (Å²) >= 11 is 1.33. The van der Waals surface area contributed by atoms with E-state index in [1.54, 1.807) is 37.3 Å². The van der Waals surface area contributed by atoms with Crippen LogP contribution in [0.3, 0.4) is 0 Å². The number of nitrogens with one attached hydrogen (secondary N) is 1. The van der Waals surface area contributed by atoms with Gasteiger partial charge in [-0.3, -0.25) is 14.9 Å². The molecule has 1 aliphatic heterocycles. The first-order valence-electron chi connectivity index (χ1n) is 7.64. The minimum Gasteiger partial charge on any atom is -0.486 e. The van der Waals surface area contributed by atoms with Gasteiger partial charge in [0.05, 0.1) is 10.2 Å². The number of carbonyl (C=O) groups is 1. The number of nitrogens with zero attached hydrogens (tertiary/aromatic N) is 1. The van der Waals surface area contributed by atoms with E-state index in [0.29, 0.717) is 30.4 Å². The lowest BCUT2D eigenvalue weighted by Gasteiger charge is -2.19. The number of fused-ring (bicyclic) bond motifs is 1. The van der Waals surface area contributed by atoms with Crippen molar-refractivity contribution in [1.82, 2.24) is 0 Å². The summed E-state index contributed by atoms with van der Waals surface area (Å²) in [4.78, 5) is 23.3. The highest BCUT2D eigenvalue weighted by molar-refractivity contribution is 8.00. The Bertz CT molecular complexity index is 794. The Labute approximate surface area is 148 Å². The molecule has 25 heavy (non-hydrogen) atoms. The van der Waals surface area contributed by atoms with E-state index in [2.05, 4.69) is 5.32 Å². The molecule has 1 amide bonds. The smallest absolute Gasteiger partial charge is 0.269 e. The molecule has 0 radical (unpaired) electrons. The van der Waals surface area contributed by atoms with Gasteiger partial charge >= 0.3 is 0 Å². The van der Waals surface area contributed by atoms with Crippen molar-refractivity contribution in [3.05, 3.63) is 52.6 Å². The second-order valence-electron chi connectivity index (χ2n) is 5.36. The highest BCUT2D eigenvalue weighted by Crippen LogP contribution is 2.33. The van der Waals surface area contributed by atoms with Crippen molar-refractivity contribution in [2.75, 3.05) is 18.5 Å². The van der Waals surface area contributed by atoms with Gasteiger partial charge in [0.25, 0.3) is 5.69 Å². The van der Waals surface area contributed by atoms with Crippen molar-refractivity contribution in [2.45, 2.75) is 17.1 Å². The highest BCUT2D eigenvalue weighted by atomic mass is 32.2. The lowest BCUT2D eigenvalue weighted by Crippen LogP contribution is -2.22. The van der Waals surface area contributed by atoms with Crippen LogP contribution in [-0.4, -0.2) is 29.3 Å². The zero-order valence-electron chi connectivity index (χ0n) is 13.4. The lowest BCUT2D eigenvalue weighted by atomic mass is 10.2. The predicted octanol–water partition coefficient (Wildman–Crippen LogP) is 3.49. The molecular weight excluding hydrogens is 344 g/mol. The third-order valence-corrected chi connectivity index (χ3v) is 4.65. The molecule has 1 unspecified atom stereocenters. The number of anilines is 1. The molecule has 0 bridgehead atoms. The molecule has 0 aliphatic carbocycles. The summed E-state index contributed by atoms with van der Waals surface area (Å²) < 4.78 is 10.9. The van der Waals surface area contributed by atoms with Crippen molar-refractivity contribution in [3.8, 4) is 11.5 Å². The molecule has 1 atom stereocenters. The van der Waals surface area contributed by atoms with E-state index in [1.165, 1.54) is 23.9 Å². The summed E-state index contributed by atoms with van der Waals surface area (Å²) in [6, 6.07) is 11.4. The number of carbonyl (C=O) groups excluding carboxylic acids is 1. The van der Waals surface area contributed by atoms with E-state index in [4.69, 9.17) is 9.47 Å². The van der Waals surface area contributed by atoms with Crippen LogP contribution in [0, 0.1) is 10.1 Å². The van der Waals surface area contributed by atoms with E-state index in [9.17, 15) is 14.9 Å². The topological polar surface area (TPSA) is 90.7 Å². The SMILES string of the molecule is CC(Sc1ccc([N+](=O)[O-])cc1)C(=O)Nc1ccc2c(c1)OCCO2. The van der Waals surface area contributed by atoms with Crippen molar-refractivity contribution >= 4 is 29.0 Å². The molecule has 0 saturated heterocycles. The Balaban J connectivity index is 1.61. The Kier molecular flexibility index (Phi) is 5.08. The summed E-state index contributed by atoms with van der Waals surface area (Å²) in [5.74, 6) is 1.11. The molecule has 2 aromatic carbocycles. The number of benzene rings is 2. The fraction of sp³-hybridized carbons (Fsp3) is 0.235. The van der Waals surface area contributed by atoms with Gasteiger partial charge in [-0.2, -0.15) is 0 Å². The second-order valence-corrected chi connectivity index (χ2v) is 6.77.